The molecule has 0 radical (unpaired) electrons. The van der Waals surface area contributed by atoms with Gasteiger partial charge in [-0.3, -0.25) is 4.99 Å². The fourth-order valence-corrected chi connectivity index (χ4v) is 3.25. The number of hydrogen-bond acceptors (Lipinski definition) is 3. The summed E-state index contributed by atoms with van der Waals surface area (Å²) in [4.78, 5) is 4.64. The summed E-state index contributed by atoms with van der Waals surface area (Å²) >= 11 is 7.33. The predicted molar refractivity (Wildman–Crippen MR) is 88.9 cm³/mol. The van der Waals surface area contributed by atoms with Crippen LogP contribution >= 0.6 is 23.4 Å². The van der Waals surface area contributed by atoms with Crippen LogP contribution in [0.5, 0.6) is 0 Å². The molecule has 0 aliphatic carbocycles. The third-order valence-corrected chi connectivity index (χ3v) is 4.54. The minimum absolute atomic E-state index is 0.128. The average molecular weight is 321 g/mol. The standard InChI is InChI=1S/C16H14ClFN2S/c17-14-7-6-12(9-15(14)18)19-16-20-13(10-21-16)8-11-4-2-1-3-5-11/h1-7,9,13H,8,10H2,(H,19,20). The van der Waals surface area contributed by atoms with Crippen LogP contribution in [0.15, 0.2) is 53.5 Å². The van der Waals surface area contributed by atoms with Crippen molar-refractivity contribution < 1.29 is 4.39 Å². The molecule has 0 amide bonds. The van der Waals surface area contributed by atoms with E-state index < -0.39 is 5.82 Å². The Kier molecular flexibility index (Phi) is 4.46. The number of anilines is 1. The number of amidine groups is 1. The molecule has 1 aliphatic heterocycles. The molecule has 1 atom stereocenters. The lowest BCUT2D eigenvalue weighted by atomic mass is 10.1. The van der Waals surface area contributed by atoms with Crippen LogP contribution in [0.4, 0.5) is 10.1 Å². The van der Waals surface area contributed by atoms with E-state index in [-0.39, 0.29) is 11.1 Å². The molecule has 1 unspecified atom stereocenters. The molecule has 0 saturated carbocycles. The molecule has 2 aromatic rings. The van der Waals surface area contributed by atoms with Gasteiger partial charge in [-0.2, -0.15) is 0 Å². The van der Waals surface area contributed by atoms with E-state index in [9.17, 15) is 4.39 Å². The largest absolute Gasteiger partial charge is 0.335 e. The van der Waals surface area contributed by atoms with Crippen molar-refractivity contribution in [2.75, 3.05) is 11.1 Å². The average Bonchev–Trinajstić information content (AvgIpc) is 2.91. The maximum atomic E-state index is 13.4. The number of aliphatic imine (C=N–C) groups is 1. The molecule has 3 rings (SSSR count). The van der Waals surface area contributed by atoms with Crippen LogP contribution in [-0.4, -0.2) is 17.0 Å². The Morgan fingerprint density at radius 1 is 1.24 bits per heavy atom. The van der Waals surface area contributed by atoms with Crippen molar-refractivity contribution in [2.24, 2.45) is 4.99 Å². The quantitative estimate of drug-likeness (QED) is 0.893. The van der Waals surface area contributed by atoms with Gasteiger partial charge in [-0.05, 0) is 30.2 Å². The molecule has 1 aliphatic rings. The molecule has 21 heavy (non-hydrogen) atoms. The van der Waals surface area contributed by atoms with Crippen LogP contribution in [-0.2, 0) is 6.42 Å². The molecule has 0 bridgehead atoms. The Bertz CT molecular complexity index is 661. The minimum atomic E-state index is -0.425. The van der Waals surface area contributed by atoms with Gasteiger partial charge in [0.15, 0.2) is 5.17 Å². The summed E-state index contributed by atoms with van der Waals surface area (Å²) in [6, 6.07) is 15.2. The zero-order chi connectivity index (χ0) is 14.7. The molecule has 1 heterocycles. The summed E-state index contributed by atoms with van der Waals surface area (Å²) in [5, 5.41) is 4.10. The van der Waals surface area contributed by atoms with Gasteiger partial charge < -0.3 is 5.32 Å². The number of thioether (sulfide) groups is 1. The van der Waals surface area contributed by atoms with E-state index in [1.165, 1.54) is 11.6 Å². The number of rotatable bonds is 3. The molecular formula is C16H14ClFN2S. The van der Waals surface area contributed by atoms with Crippen LogP contribution in [0.25, 0.3) is 0 Å². The summed E-state index contributed by atoms with van der Waals surface area (Å²) in [5.41, 5.74) is 1.95. The lowest BCUT2D eigenvalue weighted by Gasteiger charge is -2.06. The molecule has 108 valence electrons. The molecule has 2 aromatic carbocycles. The molecule has 5 heteroatoms. The summed E-state index contributed by atoms with van der Waals surface area (Å²) < 4.78 is 13.4. The van der Waals surface area contributed by atoms with Gasteiger partial charge in [0.05, 0.1) is 11.1 Å². The van der Waals surface area contributed by atoms with Gasteiger partial charge >= 0.3 is 0 Å². The highest BCUT2D eigenvalue weighted by Crippen LogP contribution is 2.24. The maximum absolute atomic E-state index is 13.4. The summed E-state index contributed by atoms with van der Waals surface area (Å²) in [5.74, 6) is 0.513. The van der Waals surface area contributed by atoms with Crippen LogP contribution < -0.4 is 5.32 Å². The van der Waals surface area contributed by atoms with E-state index in [0.717, 1.165) is 17.3 Å². The van der Waals surface area contributed by atoms with Crippen molar-refractivity contribution in [1.82, 2.24) is 0 Å². The van der Waals surface area contributed by atoms with Crippen LogP contribution in [0.1, 0.15) is 5.56 Å². The Labute approximate surface area is 132 Å². The van der Waals surface area contributed by atoms with Crippen LogP contribution in [0.2, 0.25) is 5.02 Å². The second-order valence-electron chi connectivity index (χ2n) is 4.84. The first kappa shape index (κ1) is 14.4. The first-order valence-electron chi connectivity index (χ1n) is 6.67. The number of benzene rings is 2. The van der Waals surface area contributed by atoms with Gasteiger partial charge in [-0.1, -0.05) is 53.7 Å². The van der Waals surface area contributed by atoms with Crippen molar-refractivity contribution in [3.8, 4) is 0 Å². The van der Waals surface area contributed by atoms with E-state index in [2.05, 4.69) is 22.4 Å². The number of halogens is 2. The van der Waals surface area contributed by atoms with E-state index in [1.807, 2.05) is 18.2 Å². The molecular weight excluding hydrogens is 307 g/mol. The fourth-order valence-electron chi connectivity index (χ4n) is 2.17. The van der Waals surface area contributed by atoms with Gasteiger partial charge in [-0.15, -0.1) is 0 Å². The van der Waals surface area contributed by atoms with Gasteiger partial charge in [0.1, 0.15) is 5.82 Å². The van der Waals surface area contributed by atoms with Crippen molar-refractivity contribution in [1.29, 1.82) is 0 Å². The third kappa shape index (κ3) is 3.77. The smallest absolute Gasteiger partial charge is 0.161 e. The lowest BCUT2D eigenvalue weighted by molar-refractivity contribution is 0.629. The highest BCUT2D eigenvalue weighted by molar-refractivity contribution is 8.14. The summed E-state index contributed by atoms with van der Waals surface area (Å²) in [6.07, 6.45) is 0.925. The van der Waals surface area contributed by atoms with Crippen molar-refractivity contribution in [3.63, 3.8) is 0 Å². The SMILES string of the molecule is Fc1cc(NC2=NC(Cc3ccccc3)CS2)ccc1Cl. The highest BCUT2D eigenvalue weighted by atomic mass is 35.5. The first-order valence-corrected chi connectivity index (χ1v) is 8.03. The van der Waals surface area contributed by atoms with E-state index >= 15 is 0 Å². The van der Waals surface area contributed by atoms with E-state index in [4.69, 9.17) is 11.6 Å². The monoisotopic (exact) mass is 320 g/mol. The van der Waals surface area contributed by atoms with Crippen molar-refractivity contribution in [2.45, 2.75) is 12.5 Å². The van der Waals surface area contributed by atoms with Gasteiger partial charge in [0.25, 0.3) is 0 Å². The van der Waals surface area contributed by atoms with Crippen molar-refractivity contribution >= 4 is 34.2 Å². The van der Waals surface area contributed by atoms with Gasteiger partial charge in [0.2, 0.25) is 0 Å². The maximum Gasteiger partial charge on any atom is 0.161 e. The molecule has 0 aromatic heterocycles. The first-order chi connectivity index (χ1) is 10.2. The zero-order valence-electron chi connectivity index (χ0n) is 11.2. The Morgan fingerprint density at radius 3 is 2.81 bits per heavy atom. The fraction of sp³-hybridized carbons (Fsp3) is 0.188. The van der Waals surface area contributed by atoms with Gasteiger partial charge in [-0.25, -0.2) is 4.39 Å². The topological polar surface area (TPSA) is 24.4 Å². The Morgan fingerprint density at radius 2 is 2.05 bits per heavy atom. The third-order valence-electron chi connectivity index (χ3n) is 3.20. The summed E-state index contributed by atoms with van der Waals surface area (Å²) in [6.45, 7) is 0. The number of hydrogen-bond donors (Lipinski definition) is 1. The molecule has 0 saturated heterocycles. The van der Waals surface area contributed by atoms with Gasteiger partial charge in [0, 0.05) is 11.4 Å². The number of nitrogens with zero attached hydrogens (tertiary/aromatic N) is 1. The highest BCUT2D eigenvalue weighted by Gasteiger charge is 2.18. The number of nitrogens with one attached hydrogen (secondary N) is 1. The predicted octanol–water partition coefficient (Wildman–Crippen LogP) is 4.61. The van der Waals surface area contributed by atoms with Crippen LogP contribution in [0, 0.1) is 5.82 Å². The second kappa shape index (κ2) is 6.50. The minimum Gasteiger partial charge on any atom is -0.335 e. The van der Waals surface area contributed by atoms with Crippen LogP contribution in [0.3, 0.4) is 0 Å². The molecule has 2 nitrogen and oxygen atoms in total. The summed E-state index contributed by atoms with van der Waals surface area (Å²) in [7, 11) is 0. The molecule has 0 fully saturated rings. The molecule has 0 spiro atoms. The Hall–Kier alpha value is -1.52. The second-order valence-corrected chi connectivity index (χ2v) is 6.26. The zero-order valence-corrected chi connectivity index (χ0v) is 12.8. The van der Waals surface area contributed by atoms with Crippen molar-refractivity contribution in [3.05, 3.63) is 64.9 Å². The lowest BCUT2D eigenvalue weighted by Crippen LogP contribution is -2.08. The van der Waals surface area contributed by atoms with E-state index in [1.54, 1.807) is 23.9 Å². The Balaban J connectivity index is 1.64. The van der Waals surface area contributed by atoms with E-state index in [0.29, 0.717) is 5.69 Å². The molecule has 1 N–H and O–H groups in total. The normalized spacial score (nSPS) is 17.6.